The number of hydrogen-bond donors (Lipinski definition) is 1. The Morgan fingerprint density at radius 1 is 1.24 bits per heavy atom. The standard InChI is InChI=1S/C20H22ClN3O4S/c1-13(14-5-3-8-18(9-14)29(22,27)28)23(2)20(26)15-10-19(25)24(12-15)17-7-4-6-16(21)11-17/h3-9,11,13,15H,10,12H2,1-2H3,(H2,22,27,28). The van der Waals surface area contributed by atoms with Gasteiger partial charge in [0.2, 0.25) is 21.8 Å². The van der Waals surface area contributed by atoms with E-state index in [-0.39, 0.29) is 35.7 Å². The topological polar surface area (TPSA) is 101 Å². The van der Waals surface area contributed by atoms with Gasteiger partial charge in [-0.1, -0.05) is 29.8 Å². The number of carbonyl (C=O) groups is 2. The van der Waals surface area contributed by atoms with E-state index in [4.69, 9.17) is 16.7 Å². The molecule has 0 radical (unpaired) electrons. The minimum Gasteiger partial charge on any atom is -0.339 e. The van der Waals surface area contributed by atoms with Gasteiger partial charge in [-0.15, -0.1) is 0 Å². The van der Waals surface area contributed by atoms with Crippen LogP contribution in [0.15, 0.2) is 53.4 Å². The fourth-order valence-corrected chi connectivity index (χ4v) is 4.17. The maximum atomic E-state index is 13.0. The Morgan fingerprint density at radius 3 is 2.59 bits per heavy atom. The van der Waals surface area contributed by atoms with Gasteiger partial charge in [0.15, 0.2) is 0 Å². The lowest BCUT2D eigenvalue weighted by atomic mass is 10.0. The normalized spacial score (nSPS) is 18.0. The molecular weight excluding hydrogens is 414 g/mol. The number of carbonyl (C=O) groups excluding carboxylic acids is 2. The number of rotatable bonds is 5. The molecule has 1 aliphatic heterocycles. The average Bonchev–Trinajstić information content (AvgIpc) is 3.07. The van der Waals surface area contributed by atoms with E-state index in [0.717, 1.165) is 0 Å². The zero-order valence-electron chi connectivity index (χ0n) is 16.1. The highest BCUT2D eigenvalue weighted by Gasteiger charge is 2.37. The molecule has 1 saturated heterocycles. The van der Waals surface area contributed by atoms with Gasteiger partial charge >= 0.3 is 0 Å². The summed E-state index contributed by atoms with van der Waals surface area (Å²) in [7, 11) is -2.19. The van der Waals surface area contributed by atoms with Gasteiger partial charge in [-0.05, 0) is 42.8 Å². The molecule has 2 amide bonds. The van der Waals surface area contributed by atoms with Crippen LogP contribution in [0.2, 0.25) is 5.02 Å². The van der Waals surface area contributed by atoms with Crippen molar-refractivity contribution in [3.63, 3.8) is 0 Å². The van der Waals surface area contributed by atoms with Crippen LogP contribution in [0.1, 0.15) is 24.9 Å². The molecule has 3 rings (SSSR count). The van der Waals surface area contributed by atoms with E-state index in [9.17, 15) is 18.0 Å². The number of hydrogen-bond acceptors (Lipinski definition) is 4. The second-order valence-electron chi connectivity index (χ2n) is 7.13. The van der Waals surface area contributed by atoms with Crippen LogP contribution in [-0.4, -0.2) is 38.7 Å². The van der Waals surface area contributed by atoms with E-state index in [1.165, 1.54) is 17.0 Å². The Hall–Kier alpha value is -2.42. The first-order valence-electron chi connectivity index (χ1n) is 9.03. The highest BCUT2D eigenvalue weighted by molar-refractivity contribution is 7.89. The summed E-state index contributed by atoms with van der Waals surface area (Å²) in [6.07, 6.45) is 0.111. The Balaban J connectivity index is 1.76. The van der Waals surface area contributed by atoms with Crippen molar-refractivity contribution in [1.82, 2.24) is 4.90 Å². The maximum absolute atomic E-state index is 13.0. The highest BCUT2D eigenvalue weighted by Crippen LogP contribution is 2.30. The van der Waals surface area contributed by atoms with E-state index in [1.807, 2.05) is 0 Å². The van der Waals surface area contributed by atoms with Crippen molar-refractivity contribution in [2.45, 2.75) is 24.3 Å². The van der Waals surface area contributed by atoms with Gasteiger partial charge in [0.05, 0.1) is 16.9 Å². The van der Waals surface area contributed by atoms with E-state index in [1.54, 1.807) is 55.3 Å². The van der Waals surface area contributed by atoms with Gasteiger partial charge in [0, 0.05) is 30.7 Å². The third-order valence-corrected chi connectivity index (χ3v) is 6.34. The molecule has 2 atom stereocenters. The smallest absolute Gasteiger partial charge is 0.238 e. The summed E-state index contributed by atoms with van der Waals surface area (Å²) < 4.78 is 23.2. The molecule has 1 aliphatic rings. The van der Waals surface area contributed by atoms with Gasteiger partial charge < -0.3 is 9.80 Å². The number of sulfonamides is 1. The lowest BCUT2D eigenvalue weighted by Crippen LogP contribution is -2.36. The van der Waals surface area contributed by atoms with Crippen molar-refractivity contribution in [2.24, 2.45) is 11.1 Å². The summed E-state index contributed by atoms with van der Waals surface area (Å²) in [5.74, 6) is -0.811. The van der Waals surface area contributed by atoms with Crippen LogP contribution in [0, 0.1) is 5.92 Å². The molecule has 0 bridgehead atoms. The second-order valence-corrected chi connectivity index (χ2v) is 9.13. The molecule has 7 nitrogen and oxygen atoms in total. The zero-order valence-corrected chi connectivity index (χ0v) is 17.7. The van der Waals surface area contributed by atoms with Crippen LogP contribution in [-0.2, 0) is 19.6 Å². The number of halogens is 1. The Labute approximate surface area is 175 Å². The van der Waals surface area contributed by atoms with Crippen LogP contribution < -0.4 is 10.0 Å². The maximum Gasteiger partial charge on any atom is 0.238 e. The Bertz CT molecular complexity index is 1060. The quantitative estimate of drug-likeness (QED) is 0.779. The molecule has 9 heteroatoms. The molecule has 1 heterocycles. The molecule has 29 heavy (non-hydrogen) atoms. The lowest BCUT2D eigenvalue weighted by Gasteiger charge is -2.28. The van der Waals surface area contributed by atoms with Gasteiger partial charge in [0.25, 0.3) is 0 Å². The van der Waals surface area contributed by atoms with Crippen LogP contribution in [0.5, 0.6) is 0 Å². The number of benzene rings is 2. The first-order valence-corrected chi connectivity index (χ1v) is 11.0. The molecular formula is C20H22ClN3O4S. The SMILES string of the molecule is CC(c1cccc(S(N)(=O)=O)c1)N(C)C(=O)C1CC(=O)N(c2cccc(Cl)c2)C1. The summed E-state index contributed by atoms with van der Waals surface area (Å²) in [5.41, 5.74) is 1.30. The monoisotopic (exact) mass is 435 g/mol. The lowest BCUT2D eigenvalue weighted by molar-refractivity contribution is -0.136. The number of amides is 2. The van der Waals surface area contributed by atoms with Crippen molar-refractivity contribution >= 4 is 39.1 Å². The molecule has 0 spiro atoms. The first kappa shape index (κ1) is 21.3. The van der Waals surface area contributed by atoms with E-state index in [0.29, 0.717) is 16.3 Å². The van der Waals surface area contributed by atoms with E-state index >= 15 is 0 Å². The fourth-order valence-electron chi connectivity index (χ4n) is 3.42. The van der Waals surface area contributed by atoms with Crippen molar-refractivity contribution in [3.05, 3.63) is 59.1 Å². The molecule has 1 fully saturated rings. The summed E-state index contributed by atoms with van der Waals surface area (Å²) >= 11 is 6.01. The fraction of sp³-hybridized carbons (Fsp3) is 0.300. The molecule has 0 aromatic heterocycles. The van der Waals surface area contributed by atoms with Crippen molar-refractivity contribution < 1.29 is 18.0 Å². The van der Waals surface area contributed by atoms with E-state index in [2.05, 4.69) is 0 Å². The number of anilines is 1. The van der Waals surface area contributed by atoms with Crippen molar-refractivity contribution in [3.8, 4) is 0 Å². The molecule has 0 saturated carbocycles. The first-order chi connectivity index (χ1) is 13.6. The minimum absolute atomic E-state index is 0.00845. The molecule has 2 aromatic carbocycles. The largest absolute Gasteiger partial charge is 0.339 e. The van der Waals surface area contributed by atoms with Crippen molar-refractivity contribution in [1.29, 1.82) is 0 Å². The van der Waals surface area contributed by atoms with Gasteiger partial charge in [-0.2, -0.15) is 0 Å². The average molecular weight is 436 g/mol. The predicted molar refractivity (Wildman–Crippen MR) is 111 cm³/mol. The third kappa shape index (κ3) is 4.60. The highest BCUT2D eigenvalue weighted by atomic mass is 35.5. The van der Waals surface area contributed by atoms with Crippen LogP contribution in [0.25, 0.3) is 0 Å². The molecule has 2 unspecified atom stereocenters. The van der Waals surface area contributed by atoms with Crippen LogP contribution in [0.4, 0.5) is 5.69 Å². The summed E-state index contributed by atoms with van der Waals surface area (Å²) in [6.45, 7) is 2.07. The van der Waals surface area contributed by atoms with Gasteiger partial charge in [0.1, 0.15) is 0 Å². The molecule has 2 aromatic rings. The third-order valence-electron chi connectivity index (χ3n) is 5.19. The molecule has 154 valence electrons. The number of nitrogens with two attached hydrogens (primary N) is 1. The zero-order chi connectivity index (χ0) is 21.3. The van der Waals surface area contributed by atoms with Gasteiger partial charge in [-0.3, -0.25) is 9.59 Å². The minimum atomic E-state index is -3.83. The Morgan fingerprint density at radius 2 is 1.93 bits per heavy atom. The molecule has 0 aliphatic carbocycles. The second kappa shape index (κ2) is 8.14. The van der Waals surface area contributed by atoms with Crippen LogP contribution in [0.3, 0.4) is 0 Å². The number of primary sulfonamides is 1. The summed E-state index contributed by atoms with van der Waals surface area (Å²) in [5, 5.41) is 5.72. The predicted octanol–water partition coefficient (Wildman–Crippen LogP) is 2.56. The molecule has 2 N–H and O–H groups in total. The van der Waals surface area contributed by atoms with Gasteiger partial charge in [-0.25, -0.2) is 13.6 Å². The Kier molecular flexibility index (Phi) is 5.97. The van der Waals surface area contributed by atoms with E-state index < -0.39 is 15.9 Å². The van der Waals surface area contributed by atoms with Crippen molar-refractivity contribution in [2.75, 3.05) is 18.5 Å². The van der Waals surface area contributed by atoms with Crippen LogP contribution >= 0.6 is 11.6 Å². The summed E-state index contributed by atoms with van der Waals surface area (Å²) in [6, 6.07) is 12.8. The number of nitrogens with zero attached hydrogens (tertiary/aromatic N) is 2. The summed E-state index contributed by atoms with van der Waals surface area (Å²) in [4.78, 5) is 28.5.